The molecule has 10 heteroatoms. The van der Waals surface area contributed by atoms with Gasteiger partial charge >= 0.3 is 6.09 Å². The molecule has 236 valence electrons. The number of aliphatic hydroxyl groups excluding tert-OH is 1. The predicted molar refractivity (Wildman–Crippen MR) is 164 cm³/mol. The van der Waals surface area contributed by atoms with Gasteiger partial charge in [0.05, 0.1) is 19.6 Å². The highest BCUT2D eigenvalue weighted by Gasteiger charge is 2.28. The van der Waals surface area contributed by atoms with Gasteiger partial charge in [-0.25, -0.2) is 9.78 Å². The number of rotatable bonds is 8. The van der Waals surface area contributed by atoms with Crippen molar-refractivity contribution in [3.05, 3.63) is 35.5 Å². The zero-order chi connectivity index (χ0) is 30.8. The molecule has 2 N–H and O–H groups in total. The van der Waals surface area contributed by atoms with Crippen LogP contribution in [0.25, 0.3) is 0 Å². The normalized spacial score (nSPS) is 18.3. The lowest BCUT2D eigenvalue weighted by Gasteiger charge is -2.31. The predicted octanol–water partition coefficient (Wildman–Crippen LogP) is 4.43. The molecule has 0 radical (unpaired) electrons. The summed E-state index contributed by atoms with van der Waals surface area (Å²) in [6.45, 7) is 10.8. The summed E-state index contributed by atoms with van der Waals surface area (Å²) in [6.07, 6.45) is 14.9. The number of aromatic nitrogens is 1. The molecule has 1 aromatic heterocycles. The molecule has 0 saturated carbocycles. The lowest BCUT2D eigenvalue weighted by Crippen LogP contribution is -2.40. The molecule has 0 aromatic carbocycles. The van der Waals surface area contributed by atoms with Crippen LogP contribution in [0.2, 0.25) is 0 Å². The van der Waals surface area contributed by atoms with Crippen molar-refractivity contribution in [3.63, 3.8) is 0 Å². The second kappa shape index (κ2) is 19.3. The van der Waals surface area contributed by atoms with Crippen molar-refractivity contribution in [1.29, 1.82) is 0 Å². The molecule has 0 spiro atoms. The number of carbonyl (C=O) groups is 3. The molecule has 3 aliphatic rings. The highest BCUT2D eigenvalue weighted by atomic mass is 16.6. The third-order valence-corrected chi connectivity index (χ3v) is 7.17. The second-order valence-electron chi connectivity index (χ2n) is 11.8. The summed E-state index contributed by atoms with van der Waals surface area (Å²) in [5.41, 5.74) is 1.75. The minimum atomic E-state index is -0.485. The van der Waals surface area contributed by atoms with E-state index >= 15 is 0 Å². The van der Waals surface area contributed by atoms with Crippen LogP contribution in [-0.2, 0) is 31.9 Å². The number of nitrogens with zero attached hydrogens (tertiary/aromatic N) is 3. The Bertz CT molecular complexity index is 988. The summed E-state index contributed by atoms with van der Waals surface area (Å²) in [6, 6.07) is 4.28. The first-order valence-corrected chi connectivity index (χ1v) is 15.4. The molecular formula is C32H52N4O6. The molecule has 1 aliphatic carbocycles. The number of aliphatic hydroxyl groups is 1. The molecule has 10 nitrogen and oxygen atoms in total. The number of nitrogens with one attached hydrogen (secondary N) is 1. The van der Waals surface area contributed by atoms with E-state index in [2.05, 4.69) is 27.1 Å². The average molecular weight is 589 g/mol. The van der Waals surface area contributed by atoms with Crippen LogP contribution in [0.3, 0.4) is 0 Å². The topological polar surface area (TPSA) is 121 Å². The van der Waals surface area contributed by atoms with Crippen molar-refractivity contribution in [2.24, 2.45) is 5.92 Å². The number of aryl methyl sites for hydroxylation is 2. The largest absolute Gasteiger partial charge is 0.471 e. The van der Waals surface area contributed by atoms with Gasteiger partial charge in [-0.2, -0.15) is 0 Å². The number of fused-ring (bicyclic) bond motifs is 1. The molecule has 2 aliphatic heterocycles. The maximum Gasteiger partial charge on any atom is 0.416 e. The van der Waals surface area contributed by atoms with Crippen molar-refractivity contribution in [3.8, 4) is 0 Å². The zero-order valence-electron chi connectivity index (χ0n) is 26.1. The first-order chi connectivity index (χ1) is 20.2. The van der Waals surface area contributed by atoms with Crippen LogP contribution in [0, 0.1) is 5.92 Å². The summed E-state index contributed by atoms with van der Waals surface area (Å²) in [5.74, 6) is 0.881. The van der Waals surface area contributed by atoms with Gasteiger partial charge in [-0.1, -0.05) is 24.6 Å². The molecule has 2 amide bonds. The van der Waals surface area contributed by atoms with Crippen LogP contribution in [0.5, 0.6) is 0 Å². The Kier molecular flexibility index (Phi) is 16.1. The van der Waals surface area contributed by atoms with Crippen molar-refractivity contribution >= 4 is 24.3 Å². The Morgan fingerprint density at radius 1 is 1.12 bits per heavy atom. The molecule has 1 unspecified atom stereocenters. The molecule has 4 rings (SSSR count). The molecule has 3 heterocycles. The smallest absolute Gasteiger partial charge is 0.416 e. The van der Waals surface area contributed by atoms with Gasteiger partial charge in [0.2, 0.25) is 5.91 Å². The first kappa shape index (κ1) is 35.2. The third kappa shape index (κ3) is 13.3. The Hall–Kier alpha value is -2.98. The Morgan fingerprint density at radius 3 is 2.48 bits per heavy atom. The number of anilines is 1. The Morgan fingerprint density at radius 2 is 1.86 bits per heavy atom. The summed E-state index contributed by atoms with van der Waals surface area (Å²) in [4.78, 5) is 41.9. The van der Waals surface area contributed by atoms with Gasteiger partial charge in [-0.05, 0) is 110 Å². The average Bonchev–Trinajstić information content (AvgIpc) is 3.00. The summed E-state index contributed by atoms with van der Waals surface area (Å²) >= 11 is 0. The fourth-order valence-electron chi connectivity index (χ4n) is 5.12. The lowest BCUT2D eigenvalue weighted by atomic mass is 9.95. The van der Waals surface area contributed by atoms with E-state index in [9.17, 15) is 9.59 Å². The van der Waals surface area contributed by atoms with Crippen LogP contribution < -0.4 is 10.2 Å². The molecule has 1 atom stereocenters. The fraction of sp³-hybridized carbons (Fsp3) is 0.688. The number of amides is 2. The zero-order valence-corrected chi connectivity index (χ0v) is 26.1. The Labute approximate surface area is 251 Å². The van der Waals surface area contributed by atoms with Gasteiger partial charge in [0.1, 0.15) is 11.4 Å². The van der Waals surface area contributed by atoms with E-state index in [0.29, 0.717) is 19.6 Å². The van der Waals surface area contributed by atoms with Crippen LogP contribution in [0.1, 0.15) is 83.4 Å². The Balaban J connectivity index is 0.000000319. The van der Waals surface area contributed by atoms with Gasteiger partial charge < -0.3 is 24.8 Å². The fourth-order valence-corrected chi connectivity index (χ4v) is 5.12. The first-order valence-electron chi connectivity index (χ1n) is 15.4. The second-order valence-corrected chi connectivity index (χ2v) is 11.8. The molecule has 1 fully saturated rings. The van der Waals surface area contributed by atoms with Crippen molar-refractivity contribution in [2.75, 3.05) is 51.3 Å². The van der Waals surface area contributed by atoms with E-state index in [1.165, 1.54) is 39.5 Å². The van der Waals surface area contributed by atoms with Crippen LogP contribution in [-0.4, -0.2) is 85.5 Å². The number of allylic oxidation sites excluding steroid dienone is 1. The van der Waals surface area contributed by atoms with Crippen molar-refractivity contribution in [1.82, 2.24) is 15.2 Å². The van der Waals surface area contributed by atoms with Crippen molar-refractivity contribution < 1.29 is 29.0 Å². The molecule has 42 heavy (non-hydrogen) atoms. The van der Waals surface area contributed by atoms with E-state index in [-0.39, 0.29) is 24.5 Å². The number of ether oxygens (including phenoxy) is 2. The summed E-state index contributed by atoms with van der Waals surface area (Å²) in [5, 5.41) is 11.1. The molecule has 1 saturated heterocycles. The van der Waals surface area contributed by atoms with Gasteiger partial charge in [-0.3, -0.25) is 14.5 Å². The summed E-state index contributed by atoms with van der Waals surface area (Å²) in [7, 11) is 1.31. The SMILES string of the molecule is CC(C)(C)OC(=O)N1CCCc2ccc(CCCN3CCCCC3)nc21.COC=O.O=C(NCCO)C1C=CCCC1. The molecular weight excluding hydrogens is 536 g/mol. The number of likely N-dealkylation sites (tertiary alicyclic amines) is 1. The van der Waals surface area contributed by atoms with E-state index in [0.717, 1.165) is 68.6 Å². The van der Waals surface area contributed by atoms with E-state index in [1.807, 2.05) is 32.9 Å². The number of hydrogen-bond donors (Lipinski definition) is 2. The molecule has 0 bridgehead atoms. The van der Waals surface area contributed by atoms with E-state index in [4.69, 9.17) is 19.6 Å². The van der Waals surface area contributed by atoms with Gasteiger partial charge in [-0.15, -0.1) is 0 Å². The maximum atomic E-state index is 12.6. The van der Waals surface area contributed by atoms with Gasteiger partial charge in [0.15, 0.2) is 0 Å². The molecule has 1 aromatic rings. The highest BCUT2D eigenvalue weighted by molar-refractivity contribution is 5.88. The number of methoxy groups -OCH3 is 1. The van der Waals surface area contributed by atoms with Crippen LogP contribution >= 0.6 is 0 Å². The van der Waals surface area contributed by atoms with Crippen LogP contribution in [0.15, 0.2) is 24.3 Å². The lowest BCUT2D eigenvalue weighted by molar-refractivity contribution is -0.126. The minimum Gasteiger partial charge on any atom is -0.471 e. The number of pyridine rings is 1. The standard InChI is InChI=1S/C21H33N3O2.C9H15NO2.C2H4O2/c1-21(2,3)26-20(25)24-16-7-9-17-11-12-18(22-19(17)24)10-8-15-23-13-5-4-6-14-23;11-7-6-10-9(12)8-4-2-1-3-5-8;1-4-2-3/h11-12H,4-10,13-16H2,1-3H3;2,4,8,11H,1,3,5-7H2,(H,10,12);2H,1H3. The minimum absolute atomic E-state index is 0.0160. The highest BCUT2D eigenvalue weighted by Crippen LogP contribution is 2.27. The van der Waals surface area contributed by atoms with E-state index < -0.39 is 5.60 Å². The van der Waals surface area contributed by atoms with Crippen molar-refractivity contribution in [2.45, 2.75) is 90.6 Å². The van der Waals surface area contributed by atoms with Gasteiger partial charge in [0.25, 0.3) is 6.47 Å². The number of piperidine rings is 1. The number of hydrogen-bond acceptors (Lipinski definition) is 8. The number of carbonyl (C=O) groups excluding carboxylic acids is 3. The summed E-state index contributed by atoms with van der Waals surface area (Å²) < 4.78 is 9.44. The van der Waals surface area contributed by atoms with E-state index in [1.54, 1.807) is 4.90 Å². The third-order valence-electron chi connectivity index (χ3n) is 7.17. The maximum absolute atomic E-state index is 12.6. The van der Waals surface area contributed by atoms with Gasteiger partial charge in [0, 0.05) is 18.8 Å². The quantitative estimate of drug-likeness (QED) is 0.338. The monoisotopic (exact) mass is 588 g/mol. The van der Waals surface area contributed by atoms with Crippen LogP contribution in [0.4, 0.5) is 10.6 Å².